The third-order valence-electron chi connectivity index (χ3n) is 1.48. The van der Waals surface area contributed by atoms with E-state index in [9.17, 15) is 8.78 Å². The third-order valence-corrected chi connectivity index (χ3v) is 1.48. The zero-order valence-electron chi connectivity index (χ0n) is 6.22. The van der Waals surface area contributed by atoms with Crippen molar-refractivity contribution in [1.29, 1.82) is 0 Å². The smallest absolute Gasteiger partial charge is 0.159 e. The Kier molecular flexibility index (Phi) is 2.69. The predicted molar refractivity (Wildman–Crippen MR) is 40.6 cm³/mol. The van der Waals surface area contributed by atoms with E-state index in [1.165, 1.54) is 6.07 Å². The maximum absolute atomic E-state index is 12.6. The number of nitrogens with two attached hydrogens (primary N) is 2. The molecule has 5 N–H and O–H groups in total. The second kappa shape index (κ2) is 3.57. The molecule has 0 heterocycles. The minimum absolute atomic E-state index is 0.399. The summed E-state index contributed by atoms with van der Waals surface area (Å²) < 4.78 is 25.0. The average Bonchev–Trinajstić information content (AvgIpc) is 2.08. The highest BCUT2D eigenvalue weighted by atomic mass is 19.2. The van der Waals surface area contributed by atoms with Gasteiger partial charge in [-0.25, -0.2) is 14.2 Å². The van der Waals surface area contributed by atoms with Crippen LogP contribution in [0.3, 0.4) is 0 Å². The van der Waals surface area contributed by atoms with Crippen LogP contribution in [0.4, 0.5) is 8.78 Å². The summed E-state index contributed by atoms with van der Waals surface area (Å²) in [4.78, 5) is 0. The van der Waals surface area contributed by atoms with Crippen LogP contribution in [0, 0.1) is 11.6 Å². The molecule has 0 aliphatic carbocycles. The molecule has 1 aromatic carbocycles. The van der Waals surface area contributed by atoms with Crippen LogP contribution in [-0.4, -0.2) is 0 Å². The van der Waals surface area contributed by atoms with E-state index in [0.29, 0.717) is 5.56 Å². The van der Waals surface area contributed by atoms with Crippen molar-refractivity contribution in [3.63, 3.8) is 0 Å². The zero-order chi connectivity index (χ0) is 9.14. The molecule has 1 atom stereocenters. The van der Waals surface area contributed by atoms with E-state index in [2.05, 4.69) is 5.43 Å². The summed E-state index contributed by atoms with van der Waals surface area (Å²) in [7, 11) is 0. The van der Waals surface area contributed by atoms with E-state index in [1.54, 1.807) is 0 Å². The van der Waals surface area contributed by atoms with Crippen LogP contribution in [0.2, 0.25) is 0 Å². The van der Waals surface area contributed by atoms with Gasteiger partial charge in [-0.1, -0.05) is 6.07 Å². The van der Waals surface area contributed by atoms with E-state index in [-0.39, 0.29) is 0 Å². The SMILES string of the molecule is NNC(N)c1ccc(F)c(F)c1. The van der Waals surface area contributed by atoms with Gasteiger partial charge in [-0.3, -0.25) is 5.84 Å². The van der Waals surface area contributed by atoms with Crippen molar-refractivity contribution in [2.24, 2.45) is 11.6 Å². The van der Waals surface area contributed by atoms with Crippen LogP contribution in [0.1, 0.15) is 11.7 Å². The Morgan fingerprint density at radius 3 is 2.42 bits per heavy atom. The van der Waals surface area contributed by atoms with Crippen molar-refractivity contribution in [2.45, 2.75) is 6.17 Å². The van der Waals surface area contributed by atoms with Crippen molar-refractivity contribution in [3.8, 4) is 0 Å². The third kappa shape index (κ3) is 1.76. The highest BCUT2D eigenvalue weighted by molar-refractivity contribution is 5.20. The maximum Gasteiger partial charge on any atom is 0.159 e. The molecule has 0 fully saturated rings. The van der Waals surface area contributed by atoms with Crippen molar-refractivity contribution in [1.82, 2.24) is 5.43 Å². The Bertz CT molecular complexity index is 277. The average molecular weight is 173 g/mol. The quantitative estimate of drug-likeness (QED) is 0.344. The summed E-state index contributed by atoms with van der Waals surface area (Å²) in [6, 6.07) is 3.37. The van der Waals surface area contributed by atoms with Crippen LogP contribution in [0.5, 0.6) is 0 Å². The number of hydrazine groups is 1. The van der Waals surface area contributed by atoms with Gasteiger partial charge in [0.25, 0.3) is 0 Å². The number of hydrogen-bond acceptors (Lipinski definition) is 3. The molecule has 0 aliphatic heterocycles. The largest absolute Gasteiger partial charge is 0.311 e. The van der Waals surface area contributed by atoms with Crippen molar-refractivity contribution >= 4 is 0 Å². The van der Waals surface area contributed by atoms with Gasteiger partial charge in [-0.15, -0.1) is 0 Å². The molecule has 1 unspecified atom stereocenters. The molecule has 0 spiro atoms. The second-order valence-electron chi connectivity index (χ2n) is 2.32. The van der Waals surface area contributed by atoms with Crippen LogP contribution in [0.15, 0.2) is 18.2 Å². The van der Waals surface area contributed by atoms with E-state index in [0.717, 1.165) is 12.1 Å². The summed E-state index contributed by atoms with van der Waals surface area (Å²) in [5.74, 6) is 3.17. The first-order valence-corrected chi connectivity index (χ1v) is 3.32. The molecular weight excluding hydrogens is 164 g/mol. The van der Waals surface area contributed by atoms with E-state index in [1.807, 2.05) is 0 Å². The Labute approximate surface area is 68.3 Å². The zero-order valence-corrected chi connectivity index (χ0v) is 6.22. The van der Waals surface area contributed by atoms with E-state index >= 15 is 0 Å². The second-order valence-corrected chi connectivity index (χ2v) is 2.32. The molecule has 0 radical (unpaired) electrons. The lowest BCUT2D eigenvalue weighted by Gasteiger charge is -2.09. The van der Waals surface area contributed by atoms with Crippen LogP contribution < -0.4 is 17.0 Å². The number of nitrogens with one attached hydrogen (secondary N) is 1. The Morgan fingerprint density at radius 1 is 1.25 bits per heavy atom. The van der Waals surface area contributed by atoms with Crippen LogP contribution in [0.25, 0.3) is 0 Å². The molecule has 66 valence electrons. The molecule has 0 bridgehead atoms. The van der Waals surface area contributed by atoms with Crippen LogP contribution >= 0.6 is 0 Å². The number of halogens is 2. The van der Waals surface area contributed by atoms with E-state index in [4.69, 9.17) is 11.6 Å². The lowest BCUT2D eigenvalue weighted by Crippen LogP contribution is -2.34. The Balaban J connectivity index is 2.96. The molecule has 1 aromatic rings. The standard InChI is InChI=1S/C7H9F2N3/c8-5-2-1-4(3-6(5)9)7(10)12-11/h1-3,7,12H,10-11H2. The molecule has 0 aliphatic rings. The number of rotatable bonds is 2. The van der Waals surface area contributed by atoms with Gasteiger partial charge >= 0.3 is 0 Å². The molecule has 0 aromatic heterocycles. The molecule has 0 amide bonds. The predicted octanol–water partition coefficient (Wildman–Crippen LogP) is 0.385. The number of benzene rings is 1. The summed E-state index contributed by atoms with van der Waals surface area (Å²) in [5, 5.41) is 0. The van der Waals surface area contributed by atoms with Gasteiger partial charge in [-0.2, -0.15) is 0 Å². The molecule has 0 saturated carbocycles. The van der Waals surface area contributed by atoms with Gasteiger partial charge in [0.15, 0.2) is 11.6 Å². The highest BCUT2D eigenvalue weighted by Crippen LogP contribution is 2.11. The highest BCUT2D eigenvalue weighted by Gasteiger charge is 2.06. The Hall–Kier alpha value is -1.04. The van der Waals surface area contributed by atoms with Gasteiger partial charge in [0.1, 0.15) is 0 Å². The van der Waals surface area contributed by atoms with Gasteiger partial charge in [0, 0.05) is 0 Å². The topological polar surface area (TPSA) is 64.1 Å². The molecular formula is C7H9F2N3. The monoisotopic (exact) mass is 173 g/mol. The molecule has 1 rings (SSSR count). The van der Waals surface area contributed by atoms with Gasteiger partial charge < -0.3 is 5.73 Å². The minimum atomic E-state index is -0.932. The fraction of sp³-hybridized carbons (Fsp3) is 0.143. The minimum Gasteiger partial charge on any atom is -0.311 e. The summed E-state index contributed by atoms with van der Waals surface area (Å²) in [5.41, 5.74) is 8.00. The van der Waals surface area contributed by atoms with Gasteiger partial charge in [-0.05, 0) is 17.7 Å². The first kappa shape index (κ1) is 9.05. The summed E-state index contributed by atoms with van der Waals surface area (Å²) in [6.45, 7) is 0. The van der Waals surface area contributed by atoms with E-state index < -0.39 is 17.8 Å². The first-order chi connectivity index (χ1) is 5.65. The first-order valence-electron chi connectivity index (χ1n) is 3.32. The lowest BCUT2D eigenvalue weighted by atomic mass is 10.2. The van der Waals surface area contributed by atoms with Crippen molar-refractivity contribution < 1.29 is 8.78 Å². The maximum atomic E-state index is 12.6. The molecule has 0 saturated heterocycles. The summed E-state index contributed by atoms with van der Waals surface area (Å²) >= 11 is 0. The normalized spacial score (nSPS) is 13.0. The fourth-order valence-corrected chi connectivity index (χ4v) is 0.802. The van der Waals surface area contributed by atoms with Gasteiger partial charge in [0.2, 0.25) is 0 Å². The Morgan fingerprint density at radius 2 is 1.92 bits per heavy atom. The summed E-state index contributed by atoms with van der Waals surface area (Å²) in [6.07, 6.45) is -0.680. The van der Waals surface area contributed by atoms with Crippen molar-refractivity contribution in [2.75, 3.05) is 0 Å². The lowest BCUT2D eigenvalue weighted by molar-refractivity contribution is 0.500. The fourth-order valence-electron chi connectivity index (χ4n) is 0.802. The van der Waals surface area contributed by atoms with Gasteiger partial charge in [0.05, 0.1) is 6.17 Å². The van der Waals surface area contributed by atoms with Crippen LogP contribution in [-0.2, 0) is 0 Å². The number of hydrogen-bond donors (Lipinski definition) is 3. The molecule has 5 heteroatoms. The molecule has 12 heavy (non-hydrogen) atoms. The van der Waals surface area contributed by atoms with Crippen molar-refractivity contribution in [3.05, 3.63) is 35.4 Å². The molecule has 3 nitrogen and oxygen atoms in total.